The fraction of sp³-hybridized carbons (Fsp3) is 0.630. The molecular weight excluding hydrogens is 420 g/mol. The number of methoxy groups -OCH3 is 1. The predicted octanol–water partition coefficient (Wildman–Crippen LogP) is 5.20. The normalized spacial score (nSPS) is 23.1. The minimum Gasteiger partial charge on any atom is -0.467 e. The molecule has 0 spiro atoms. The molecule has 33 heavy (non-hydrogen) atoms. The third kappa shape index (κ3) is 8.59. The number of carbonyl (C=O) groups excluding carboxylic acids is 2. The van der Waals surface area contributed by atoms with E-state index >= 15 is 0 Å². The lowest BCUT2D eigenvalue weighted by Crippen LogP contribution is -2.39. The summed E-state index contributed by atoms with van der Waals surface area (Å²) >= 11 is 0. The van der Waals surface area contributed by atoms with Crippen LogP contribution in [0.3, 0.4) is 0 Å². The van der Waals surface area contributed by atoms with E-state index in [-0.39, 0.29) is 24.9 Å². The number of ether oxygens (including phenoxy) is 4. The van der Waals surface area contributed by atoms with Crippen molar-refractivity contribution >= 4 is 12.4 Å². The van der Waals surface area contributed by atoms with E-state index in [1.807, 2.05) is 20.8 Å². The predicted molar refractivity (Wildman–Crippen MR) is 128 cm³/mol. The molecule has 0 aromatic heterocycles. The number of esters is 1. The minimum absolute atomic E-state index is 0.178. The monoisotopic (exact) mass is 460 g/mol. The summed E-state index contributed by atoms with van der Waals surface area (Å²) in [4.78, 5) is 23.8. The summed E-state index contributed by atoms with van der Waals surface area (Å²) in [5.41, 5.74) is 2.42. The highest BCUT2D eigenvalue weighted by molar-refractivity contribution is 5.71. The molecule has 1 aromatic rings. The van der Waals surface area contributed by atoms with Gasteiger partial charge in [0.05, 0.1) is 32.8 Å². The lowest BCUT2D eigenvalue weighted by Gasteiger charge is -2.44. The molecule has 1 aromatic carbocycles. The van der Waals surface area contributed by atoms with Gasteiger partial charge in [-0.25, -0.2) is 0 Å². The van der Waals surface area contributed by atoms with Gasteiger partial charge in [-0.1, -0.05) is 36.4 Å². The molecule has 0 N–H and O–H groups in total. The van der Waals surface area contributed by atoms with Gasteiger partial charge in [-0.15, -0.1) is 0 Å². The van der Waals surface area contributed by atoms with Gasteiger partial charge in [-0.05, 0) is 69.9 Å². The molecule has 1 saturated carbocycles. The third-order valence-corrected chi connectivity index (χ3v) is 6.26. The Labute approximate surface area is 198 Å². The Balaban J connectivity index is 2.23. The van der Waals surface area contributed by atoms with Crippen LogP contribution in [0.1, 0.15) is 70.4 Å². The zero-order valence-electron chi connectivity index (χ0n) is 20.9. The molecule has 0 unspecified atom stereocenters. The molecule has 0 heterocycles. The highest BCUT2D eigenvalue weighted by Gasteiger charge is 2.44. The van der Waals surface area contributed by atoms with Crippen molar-refractivity contribution in [2.75, 3.05) is 26.9 Å². The SMILES string of the molecule is C=C(C)[C@@H]1CC[C@@](COC=O)(CC(=O)OC(C)(C)C)C[C@H]1c1ccc(COCCOC)cc1. The van der Waals surface area contributed by atoms with Gasteiger partial charge < -0.3 is 18.9 Å². The summed E-state index contributed by atoms with van der Waals surface area (Å²) in [7, 11) is 1.66. The van der Waals surface area contributed by atoms with Gasteiger partial charge in [0.15, 0.2) is 0 Å². The van der Waals surface area contributed by atoms with Crippen molar-refractivity contribution in [3.8, 4) is 0 Å². The highest BCUT2D eigenvalue weighted by atomic mass is 16.6. The van der Waals surface area contributed by atoms with E-state index in [1.165, 1.54) is 5.56 Å². The molecule has 0 radical (unpaired) electrons. The second-order valence-electron chi connectivity index (χ2n) is 10.3. The van der Waals surface area contributed by atoms with Crippen LogP contribution in [0.5, 0.6) is 0 Å². The molecule has 184 valence electrons. The van der Waals surface area contributed by atoms with Crippen molar-refractivity contribution in [2.24, 2.45) is 11.3 Å². The van der Waals surface area contributed by atoms with E-state index in [1.54, 1.807) is 7.11 Å². The standard InChI is InChI=1S/C27H40O6/c1-20(2)23-11-12-27(18-32-19-28,16-25(29)33-26(3,4)5)15-24(23)22-9-7-21(8-10-22)17-31-14-13-30-6/h7-10,19,23-24H,1,11-18H2,2-6H3/t23-,24-,27-/m0/s1. The maximum Gasteiger partial charge on any atom is 0.307 e. The first-order chi connectivity index (χ1) is 15.6. The molecule has 0 amide bonds. The number of rotatable bonds is 12. The van der Waals surface area contributed by atoms with Crippen LogP contribution in [0, 0.1) is 11.3 Å². The summed E-state index contributed by atoms with van der Waals surface area (Å²) in [5, 5.41) is 0. The molecule has 6 nitrogen and oxygen atoms in total. The molecule has 0 bridgehead atoms. The smallest absolute Gasteiger partial charge is 0.307 e. The number of hydrogen-bond donors (Lipinski definition) is 0. The zero-order chi connectivity index (χ0) is 24.5. The maximum absolute atomic E-state index is 12.7. The van der Waals surface area contributed by atoms with Crippen LogP contribution < -0.4 is 0 Å². The van der Waals surface area contributed by atoms with Gasteiger partial charge in [0, 0.05) is 12.5 Å². The molecule has 1 fully saturated rings. The molecule has 6 heteroatoms. The third-order valence-electron chi connectivity index (χ3n) is 6.26. The van der Waals surface area contributed by atoms with Crippen molar-refractivity contribution < 1.29 is 28.5 Å². The second-order valence-corrected chi connectivity index (χ2v) is 10.3. The van der Waals surface area contributed by atoms with Crippen LogP contribution in [-0.4, -0.2) is 45.0 Å². The molecule has 0 saturated heterocycles. The maximum atomic E-state index is 12.7. The Bertz CT molecular complexity index is 779. The summed E-state index contributed by atoms with van der Waals surface area (Å²) in [6.45, 7) is 14.2. The van der Waals surface area contributed by atoms with E-state index in [9.17, 15) is 9.59 Å². The Hall–Kier alpha value is -2.18. The topological polar surface area (TPSA) is 71.1 Å². The van der Waals surface area contributed by atoms with E-state index in [0.29, 0.717) is 32.2 Å². The second kappa shape index (κ2) is 12.3. The Morgan fingerprint density at radius 2 is 1.91 bits per heavy atom. The van der Waals surface area contributed by atoms with Crippen LogP contribution in [0.2, 0.25) is 0 Å². The van der Waals surface area contributed by atoms with Gasteiger partial charge in [-0.3, -0.25) is 9.59 Å². The highest BCUT2D eigenvalue weighted by Crippen LogP contribution is 2.51. The summed E-state index contributed by atoms with van der Waals surface area (Å²) in [6, 6.07) is 8.45. The molecule has 1 aliphatic carbocycles. The zero-order valence-corrected chi connectivity index (χ0v) is 20.9. The van der Waals surface area contributed by atoms with Crippen LogP contribution in [0.25, 0.3) is 0 Å². The minimum atomic E-state index is -0.556. The number of hydrogen-bond acceptors (Lipinski definition) is 6. The van der Waals surface area contributed by atoms with Crippen LogP contribution in [0.15, 0.2) is 36.4 Å². The van der Waals surface area contributed by atoms with Gasteiger partial charge in [-0.2, -0.15) is 0 Å². The largest absolute Gasteiger partial charge is 0.467 e. The molecular formula is C27H40O6. The summed E-state index contributed by atoms with van der Waals surface area (Å²) < 4.78 is 21.5. The van der Waals surface area contributed by atoms with Crippen LogP contribution in [0.4, 0.5) is 0 Å². The van der Waals surface area contributed by atoms with Gasteiger partial charge >= 0.3 is 5.97 Å². The lowest BCUT2D eigenvalue weighted by molar-refractivity contribution is -0.161. The number of carbonyl (C=O) groups is 2. The van der Waals surface area contributed by atoms with Crippen molar-refractivity contribution in [3.05, 3.63) is 47.5 Å². The number of allylic oxidation sites excluding steroid dienone is 1. The van der Waals surface area contributed by atoms with Crippen molar-refractivity contribution in [1.82, 2.24) is 0 Å². The average Bonchev–Trinajstić information content (AvgIpc) is 2.74. The molecule has 1 aliphatic rings. The summed E-state index contributed by atoms with van der Waals surface area (Å²) in [5.74, 6) is 0.224. The first-order valence-electron chi connectivity index (χ1n) is 11.7. The lowest BCUT2D eigenvalue weighted by atomic mass is 9.61. The number of benzene rings is 1. The Kier molecular flexibility index (Phi) is 10.1. The van der Waals surface area contributed by atoms with Crippen molar-refractivity contribution in [2.45, 2.75) is 71.5 Å². The fourth-order valence-electron chi connectivity index (χ4n) is 4.74. The van der Waals surface area contributed by atoms with Crippen LogP contribution in [-0.2, 0) is 35.1 Å². The average molecular weight is 461 g/mol. The van der Waals surface area contributed by atoms with Crippen molar-refractivity contribution in [3.63, 3.8) is 0 Å². The first-order valence-corrected chi connectivity index (χ1v) is 11.7. The van der Waals surface area contributed by atoms with E-state index in [2.05, 4.69) is 37.8 Å². The first kappa shape index (κ1) is 27.1. The van der Waals surface area contributed by atoms with Crippen molar-refractivity contribution in [1.29, 1.82) is 0 Å². The van der Waals surface area contributed by atoms with E-state index in [0.717, 1.165) is 30.4 Å². The quantitative estimate of drug-likeness (QED) is 0.185. The van der Waals surface area contributed by atoms with E-state index < -0.39 is 11.0 Å². The van der Waals surface area contributed by atoms with Gasteiger partial charge in [0.1, 0.15) is 5.60 Å². The molecule has 0 aliphatic heterocycles. The Morgan fingerprint density at radius 1 is 1.21 bits per heavy atom. The van der Waals surface area contributed by atoms with Crippen LogP contribution >= 0.6 is 0 Å². The summed E-state index contributed by atoms with van der Waals surface area (Å²) in [6.07, 6.45) is 2.61. The molecule has 2 rings (SSSR count). The van der Waals surface area contributed by atoms with E-state index in [4.69, 9.17) is 18.9 Å². The van der Waals surface area contributed by atoms with Gasteiger partial charge in [0.2, 0.25) is 0 Å². The van der Waals surface area contributed by atoms with Gasteiger partial charge in [0.25, 0.3) is 6.47 Å². The fourth-order valence-corrected chi connectivity index (χ4v) is 4.74. The molecule has 3 atom stereocenters. The Morgan fingerprint density at radius 3 is 2.48 bits per heavy atom.